The highest BCUT2D eigenvalue weighted by Crippen LogP contribution is 2.39. The monoisotopic (exact) mass is 521 g/mol. The number of esters is 1. The molecule has 0 radical (unpaired) electrons. The van der Waals surface area contributed by atoms with Gasteiger partial charge in [-0.15, -0.1) is 0 Å². The quantitative estimate of drug-likeness (QED) is 0.337. The maximum atomic E-state index is 13.9. The smallest absolute Gasteiger partial charge is 0.411 e. The summed E-state index contributed by atoms with van der Waals surface area (Å²) in [5, 5.41) is 0. The molecule has 1 heterocycles. The summed E-state index contributed by atoms with van der Waals surface area (Å²) in [6.45, 7) is 0.475. The Morgan fingerprint density at radius 3 is 2.29 bits per heavy atom. The van der Waals surface area contributed by atoms with Crippen LogP contribution in [0.1, 0.15) is 35.6 Å². The van der Waals surface area contributed by atoms with Gasteiger partial charge in [0.15, 0.2) is 0 Å². The van der Waals surface area contributed by atoms with Crippen molar-refractivity contribution in [2.24, 2.45) is 5.92 Å². The topological polar surface area (TPSA) is 74.3 Å². The predicted octanol–water partition coefficient (Wildman–Crippen LogP) is 5.68. The first kappa shape index (κ1) is 27.1. The van der Waals surface area contributed by atoms with Crippen molar-refractivity contribution in [1.29, 1.82) is 0 Å². The lowest BCUT2D eigenvalue weighted by atomic mass is 9.83. The van der Waals surface area contributed by atoms with Crippen LogP contribution in [0.4, 0.5) is 9.18 Å². The highest BCUT2D eigenvalue weighted by atomic mass is 19.1. The van der Waals surface area contributed by atoms with E-state index in [0.29, 0.717) is 30.8 Å². The molecule has 4 rings (SSSR count). The highest BCUT2D eigenvalue weighted by Gasteiger charge is 2.46. The van der Waals surface area contributed by atoms with E-state index in [4.69, 9.17) is 18.9 Å². The van der Waals surface area contributed by atoms with Crippen LogP contribution in [-0.2, 0) is 32.2 Å². The van der Waals surface area contributed by atoms with Gasteiger partial charge in [-0.25, -0.2) is 14.0 Å². The number of halogens is 1. The Kier molecular flexibility index (Phi) is 9.32. The van der Waals surface area contributed by atoms with Gasteiger partial charge in [-0.3, -0.25) is 4.90 Å². The molecule has 0 aliphatic carbocycles. The van der Waals surface area contributed by atoms with Gasteiger partial charge in [0.25, 0.3) is 0 Å². The van der Waals surface area contributed by atoms with Crippen molar-refractivity contribution in [3.63, 3.8) is 0 Å². The molecule has 3 aromatic carbocycles. The van der Waals surface area contributed by atoms with Gasteiger partial charge in [-0.1, -0.05) is 60.7 Å². The van der Waals surface area contributed by atoms with Crippen molar-refractivity contribution in [2.75, 3.05) is 20.8 Å². The maximum Gasteiger partial charge on any atom is 0.411 e. The molecule has 38 heavy (non-hydrogen) atoms. The minimum absolute atomic E-state index is 0.0779. The molecule has 1 unspecified atom stereocenters. The number of methoxy groups -OCH3 is 2. The second kappa shape index (κ2) is 13.1. The van der Waals surface area contributed by atoms with Crippen molar-refractivity contribution in [1.82, 2.24) is 4.90 Å². The Morgan fingerprint density at radius 1 is 0.895 bits per heavy atom. The Hall–Kier alpha value is -3.91. The molecule has 0 saturated carbocycles. The summed E-state index contributed by atoms with van der Waals surface area (Å²) >= 11 is 0. The number of piperidine rings is 1. The van der Waals surface area contributed by atoms with Crippen LogP contribution in [0, 0.1) is 11.7 Å². The van der Waals surface area contributed by atoms with Gasteiger partial charge in [-0.2, -0.15) is 0 Å². The first-order valence-electron chi connectivity index (χ1n) is 12.5. The van der Waals surface area contributed by atoms with E-state index in [9.17, 15) is 14.0 Å². The summed E-state index contributed by atoms with van der Waals surface area (Å²) in [7, 11) is 2.88. The number of carbonyl (C=O) groups excluding carboxylic acids is 2. The minimum Gasteiger partial charge on any atom is -0.489 e. The summed E-state index contributed by atoms with van der Waals surface area (Å²) < 4.78 is 35.8. The molecule has 1 amide bonds. The van der Waals surface area contributed by atoms with E-state index in [1.807, 2.05) is 42.5 Å². The van der Waals surface area contributed by atoms with Crippen molar-refractivity contribution in [3.05, 3.63) is 101 Å². The van der Waals surface area contributed by atoms with Crippen LogP contribution in [0.25, 0.3) is 0 Å². The van der Waals surface area contributed by atoms with E-state index in [-0.39, 0.29) is 24.9 Å². The number of amides is 1. The second-order valence-corrected chi connectivity index (χ2v) is 9.17. The SMILES string of the molecule is COCC1CC[C@H](c2ccc(OCc3ccccc3F)cc2)N(C(=O)OCc2ccccc2)[C@@H]1C(=O)OC. The molecule has 3 atom stereocenters. The van der Waals surface area contributed by atoms with E-state index >= 15 is 0 Å². The lowest BCUT2D eigenvalue weighted by Gasteiger charge is -2.44. The molecule has 0 aromatic heterocycles. The standard InChI is InChI=1S/C30H32FNO6/c1-35-19-24-14-17-27(22-12-15-25(16-13-22)37-20-23-10-6-7-11-26(23)31)32(28(24)29(33)36-2)30(34)38-18-21-8-4-3-5-9-21/h3-13,15-16,24,27-28H,14,17-20H2,1-2H3/t24?,27-,28+/m1/s1. The van der Waals surface area contributed by atoms with Gasteiger partial charge >= 0.3 is 12.1 Å². The fourth-order valence-electron chi connectivity index (χ4n) is 4.83. The summed E-state index contributed by atoms with van der Waals surface area (Å²) in [4.78, 5) is 27.9. The van der Waals surface area contributed by atoms with Gasteiger partial charge in [0, 0.05) is 18.6 Å². The molecular weight excluding hydrogens is 489 g/mol. The summed E-state index contributed by atoms with van der Waals surface area (Å²) in [5.41, 5.74) is 2.12. The van der Waals surface area contributed by atoms with Gasteiger partial charge in [0.1, 0.15) is 30.8 Å². The van der Waals surface area contributed by atoms with Crippen molar-refractivity contribution in [3.8, 4) is 5.75 Å². The van der Waals surface area contributed by atoms with E-state index in [2.05, 4.69) is 0 Å². The number of hydrogen-bond donors (Lipinski definition) is 0. The predicted molar refractivity (Wildman–Crippen MR) is 139 cm³/mol. The Balaban J connectivity index is 1.55. The molecule has 7 nitrogen and oxygen atoms in total. The molecule has 0 N–H and O–H groups in total. The largest absolute Gasteiger partial charge is 0.489 e. The van der Waals surface area contributed by atoms with Gasteiger partial charge in [0.05, 0.1) is 19.8 Å². The maximum absolute atomic E-state index is 13.9. The highest BCUT2D eigenvalue weighted by molar-refractivity contribution is 5.82. The van der Waals surface area contributed by atoms with Crippen LogP contribution in [0.5, 0.6) is 5.75 Å². The number of carbonyl (C=O) groups is 2. The first-order chi connectivity index (χ1) is 18.5. The molecule has 1 fully saturated rings. The number of hydrogen-bond acceptors (Lipinski definition) is 6. The molecule has 1 aliphatic rings. The number of benzene rings is 3. The second-order valence-electron chi connectivity index (χ2n) is 9.17. The van der Waals surface area contributed by atoms with Crippen molar-refractivity contribution < 1.29 is 32.9 Å². The van der Waals surface area contributed by atoms with Gasteiger partial charge in [0.2, 0.25) is 0 Å². The summed E-state index contributed by atoms with van der Waals surface area (Å²) in [6.07, 6.45) is 0.666. The van der Waals surface area contributed by atoms with Crippen LogP contribution in [-0.4, -0.2) is 43.8 Å². The average Bonchev–Trinajstić information content (AvgIpc) is 2.96. The third-order valence-corrected chi connectivity index (χ3v) is 6.75. The summed E-state index contributed by atoms with van der Waals surface area (Å²) in [5.74, 6) is -0.516. The number of ether oxygens (including phenoxy) is 4. The zero-order chi connectivity index (χ0) is 26.9. The average molecular weight is 522 g/mol. The van der Waals surface area contributed by atoms with E-state index in [1.54, 1.807) is 37.4 Å². The molecule has 1 aliphatic heterocycles. The van der Waals surface area contributed by atoms with Crippen LogP contribution >= 0.6 is 0 Å². The van der Waals surface area contributed by atoms with Crippen LogP contribution in [0.3, 0.4) is 0 Å². The third-order valence-electron chi connectivity index (χ3n) is 6.75. The molecule has 1 saturated heterocycles. The van der Waals surface area contributed by atoms with E-state index in [1.165, 1.54) is 18.1 Å². The van der Waals surface area contributed by atoms with E-state index in [0.717, 1.165) is 11.1 Å². The van der Waals surface area contributed by atoms with Crippen LogP contribution in [0.2, 0.25) is 0 Å². The Labute approximate surface area is 222 Å². The number of likely N-dealkylation sites (tertiary alicyclic amines) is 1. The van der Waals surface area contributed by atoms with Crippen LogP contribution in [0.15, 0.2) is 78.9 Å². The zero-order valence-corrected chi connectivity index (χ0v) is 21.5. The van der Waals surface area contributed by atoms with Crippen molar-refractivity contribution >= 4 is 12.1 Å². The summed E-state index contributed by atoms with van der Waals surface area (Å²) in [6, 6.07) is 21.8. The third kappa shape index (κ3) is 6.50. The van der Waals surface area contributed by atoms with Crippen molar-refractivity contribution in [2.45, 2.75) is 38.1 Å². The normalized spacial score (nSPS) is 19.0. The van der Waals surface area contributed by atoms with Gasteiger partial charge in [-0.05, 0) is 42.2 Å². The van der Waals surface area contributed by atoms with Crippen LogP contribution < -0.4 is 4.74 Å². The molecule has 200 valence electrons. The molecule has 3 aromatic rings. The van der Waals surface area contributed by atoms with E-state index < -0.39 is 24.1 Å². The first-order valence-corrected chi connectivity index (χ1v) is 12.5. The zero-order valence-electron chi connectivity index (χ0n) is 21.5. The fourth-order valence-corrected chi connectivity index (χ4v) is 4.83. The lowest BCUT2D eigenvalue weighted by Crippen LogP contribution is -2.55. The molecular formula is C30H32FNO6. The van der Waals surface area contributed by atoms with Gasteiger partial charge < -0.3 is 18.9 Å². The molecule has 0 spiro atoms. The molecule has 8 heteroatoms. The number of nitrogens with zero attached hydrogens (tertiary/aromatic N) is 1. The fraction of sp³-hybridized carbons (Fsp3) is 0.333. The Bertz CT molecular complexity index is 1200. The Morgan fingerprint density at radius 2 is 1.61 bits per heavy atom. The molecule has 0 bridgehead atoms. The number of rotatable bonds is 9. The minimum atomic E-state index is -0.862. The lowest BCUT2D eigenvalue weighted by molar-refractivity contribution is -0.153.